The molecule has 0 atom stereocenters. The largest absolute Gasteiger partial charge is 0.457 e. The van der Waals surface area contributed by atoms with Gasteiger partial charge in [-0.3, -0.25) is 0 Å². The number of aryl methyl sites for hydroxylation is 8. The Bertz CT molecular complexity index is 3580. The Kier molecular flexibility index (Phi) is 16.1. The third-order valence-electron chi connectivity index (χ3n) is 13.9. The molecule has 10 aromatic carbocycles. The number of rotatable bonds is 14. The van der Waals surface area contributed by atoms with Crippen molar-refractivity contribution in [3.63, 3.8) is 0 Å². The Morgan fingerprint density at radius 2 is 0.500 bits per heavy atom. The lowest BCUT2D eigenvalue weighted by molar-refractivity contribution is 0.471. The highest BCUT2D eigenvalue weighted by atomic mass is 31.2. The van der Waals surface area contributed by atoms with Crippen molar-refractivity contribution in [2.24, 2.45) is 0 Å². The number of hydrogen-bond acceptors (Lipinski definition) is 6. The Hall–Kier alpha value is -8.14. The summed E-state index contributed by atoms with van der Waals surface area (Å²) < 4.78 is 55.0. The molecule has 76 heavy (non-hydrogen) atoms. The first-order chi connectivity index (χ1) is 36.7. The van der Waals surface area contributed by atoms with Gasteiger partial charge in [0, 0.05) is 26.5 Å². The number of hydrogen-bond donors (Lipinski definition) is 0. The van der Waals surface area contributed by atoms with E-state index in [1.807, 2.05) is 218 Å². The Balaban J connectivity index is 0.000000186. The van der Waals surface area contributed by atoms with Gasteiger partial charge in [0.2, 0.25) is 0 Å². The molecular formula is C68H62O6P2. The predicted octanol–water partition coefficient (Wildman–Crippen LogP) is 16.3. The molecule has 6 nitrogen and oxygen atoms in total. The van der Waals surface area contributed by atoms with Gasteiger partial charge < -0.3 is 28.1 Å². The maximum atomic E-state index is 15.3. The van der Waals surface area contributed by atoms with Gasteiger partial charge in [-0.15, -0.1) is 0 Å². The summed E-state index contributed by atoms with van der Waals surface area (Å²) in [5.41, 5.74) is 9.48. The quantitative estimate of drug-likeness (QED) is 0.101. The molecule has 380 valence electrons. The average molecular weight is 1040 g/mol. The van der Waals surface area contributed by atoms with Crippen LogP contribution in [0.1, 0.15) is 44.5 Å². The molecule has 0 aliphatic rings. The lowest BCUT2D eigenvalue weighted by Crippen LogP contribution is -2.26. The Labute approximate surface area is 448 Å². The van der Waals surface area contributed by atoms with Gasteiger partial charge in [0.15, 0.2) is 14.3 Å². The zero-order valence-corrected chi connectivity index (χ0v) is 46.1. The standard InChI is InChI=1S/2C34H31O3P/c1-24-15-17-28(21-26(24)3)36-30-19-20-33(37-29-18-16-25(2)27(4)22-29)34(23-30)38(35,31-11-7-5-8-12-31)32-13-9-6-10-14-32;1-24-10-12-30(22-26(24)3)36-28-14-18-33(19-15-28)38(35,32-8-6-5-7-9-32)34-20-16-29(17-21-34)37-31-13-11-25(2)27(4)23-31/h2*5-23H,1-4H3. The third-order valence-corrected chi connectivity index (χ3v) is 20.0. The highest BCUT2D eigenvalue weighted by molar-refractivity contribution is 7.85. The maximum absolute atomic E-state index is 15.3. The van der Waals surface area contributed by atoms with Crippen molar-refractivity contribution in [3.8, 4) is 46.0 Å². The lowest BCUT2D eigenvalue weighted by atomic mass is 10.1. The zero-order valence-electron chi connectivity index (χ0n) is 44.3. The van der Waals surface area contributed by atoms with Gasteiger partial charge in [-0.1, -0.05) is 115 Å². The van der Waals surface area contributed by atoms with Crippen molar-refractivity contribution >= 4 is 46.1 Å². The molecule has 0 aliphatic carbocycles. The van der Waals surface area contributed by atoms with Crippen LogP contribution in [0.2, 0.25) is 0 Å². The normalized spacial score (nSPS) is 11.3. The fourth-order valence-corrected chi connectivity index (χ4v) is 14.2. The maximum Gasteiger partial charge on any atom is 0.174 e. The first-order valence-electron chi connectivity index (χ1n) is 25.4. The minimum atomic E-state index is -3.33. The van der Waals surface area contributed by atoms with Crippen molar-refractivity contribution < 1.29 is 28.1 Å². The second-order valence-electron chi connectivity index (χ2n) is 19.2. The molecule has 0 unspecified atom stereocenters. The van der Waals surface area contributed by atoms with Gasteiger partial charge in [-0.25, -0.2) is 0 Å². The third kappa shape index (κ3) is 11.9. The predicted molar refractivity (Wildman–Crippen MR) is 316 cm³/mol. The molecule has 10 aromatic rings. The fraction of sp³-hybridized carbons (Fsp3) is 0.118. The summed E-state index contributed by atoms with van der Waals surface area (Å²) in [4.78, 5) is 0. The smallest absolute Gasteiger partial charge is 0.174 e. The van der Waals surface area contributed by atoms with Crippen LogP contribution in [0.5, 0.6) is 46.0 Å². The van der Waals surface area contributed by atoms with Crippen LogP contribution in [0.4, 0.5) is 0 Å². The summed E-state index contributed by atoms with van der Waals surface area (Å²) >= 11 is 0. The fourth-order valence-electron chi connectivity index (χ4n) is 8.77. The molecule has 0 spiro atoms. The minimum absolute atomic E-state index is 0.539. The van der Waals surface area contributed by atoms with Crippen molar-refractivity contribution in [2.75, 3.05) is 0 Å². The van der Waals surface area contributed by atoms with Crippen LogP contribution in [0.15, 0.2) is 231 Å². The monoisotopic (exact) mass is 1040 g/mol. The second kappa shape index (κ2) is 23.2. The summed E-state index contributed by atoms with van der Waals surface area (Å²) in [6.07, 6.45) is 0. The molecule has 0 heterocycles. The molecule has 0 amide bonds. The van der Waals surface area contributed by atoms with Gasteiger partial charge in [-0.05, 0) is 215 Å². The van der Waals surface area contributed by atoms with E-state index in [1.165, 1.54) is 33.4 Å². The summed E-state index contributed by atoms with van der Waals surface area (Å²) in [6.45, 7) is 16.6. The first-order valence-corrected chi connectivity index (χ1v) is 28.8. The summed E-state index contributed by atoms with van der Waals surface area (Å²) in [5.74, 6) is 5.54. The van der Waals surface area contributed by atoms with Gasteiger partial charge in [0.05, 0.1) is 5.30 Å². The Morgan fingerprint density at radius 1 is 0.237 bits per heavy atom. The van der Waals surface area contributed by atoms with Crippen molar-refractivity contribution in [1.82, 2.24) is 0 Å². The molecule has 0 bridgehead atoms. The molecule has 0 N–H and O–H groups in total. The summed E-state index contributed by atoms with van der Waals surface area (Å²) in [6, 6.07) is 73.8. The van der Waals surface area contributed by atoms with E-state index in [-0.39, 0.29) is 0 Å². The van der Waals surface area contributed by atoms with Crippen LogP contribution >= 0.6 is 14.3 Å². The zero-order chi connectivity index (χ0) is 53.4. The molecule has 10 rings (SSSR count). The first kappa shape index (κ1) is 52.7. The van der Waals surface area contributed by atoms with Crippen molar-refractivity contribution in [2.45, 2.75) is 55.4 Å². The van der Waals surface area contributed by atoms with E-state index in [1.54, 1.807) is 0 Å². The van der Waals surface area contributed by atoms with Crippen LogP contribution in [0.25, 0.3) is 0 Å². The minimum Gasteiger partial charge on any atom is -0.457 e. The van der Waals surface area contributed by atoms with E-state index < -0.39 is 14.3 Å². The second-order valence-corrected chi connectivity index (χ2v) is 24.7. The van der Waals surface area contributed by atoms with Crippen molar-refractivity contribution in [3.05, 3.63) is 275 Å². The van der Waals surface area contributed by atoms with E-state index in [0.717, 1.165) is 54.9 Å². The topological polar surface area (TPSA) is 71.1 Å². The van der Waals surface area contributed by atoms with Gasteiger partial charge in [-0.2, -0.15) is 0 Å². The molecular weight excluding hydrogens is 975 g/mol. The molecule has 0 saturated carbocycles. The highest BCUT2D eigenvalue weighted by Gasteiger charge is 2.34. The van der Waals surface area contributed by atoms with Gasteiger partial charge >= 0.3 is 0 Å². The van der Waals surface area contributed by atoms with E-state index in [0.29, 0.717) is 34.1 Å². The van der Waals surface area contributed by atoms with E-state index in [4.69, 9.17) is 18.9 Å². The number of ether oxygens (including phenoxy) is 4. The van der Waals surface area contributed by atoms with E-state index in [9.17, 15) is 4.57 Å². The highest BCUT2D eigenvalue weighted by Crippen LogP contribution is 2.47. The van der Waals surface area contributed by atoms with Crippen LogP contribution < -0.4 is 50.8 Å². The van der Waals surface area contributed by atoms with Crippen LogP contribution in [-0.4, -0.2) is 0 Å². The van der Waals surface area contributed by atoms with E-state index >= 15 is 4.57 Å². The van der Waals surface area contributed by atoms with Gasteiger partial charge in [0.25, 0.3) is 0 Å². The van der Waals surface area contributed by atoms with Crippen LogP contribution in [-0.2, 0) is 9.13 Å². The average Bonchev–Trinajstić information content (AvgIpc) is 3.45. The summed E-state index contributed by atoms with van der Waals surface area (Å²) in [7, 11) is -6.45. The SMILES string of the molecule is Cc1ccc(Oc2ccc(Oc3ccc(C)c(C)c3)c(P(=O)(c3ccccc3)c3ccccc3)c2)cc1C.Cc1ccc(Oc2ccc(P(=O)(c3ccccc3)c3ccc(Oc4ccc(C)c(C)c4)cc3)cc2)cc1C. The molecule has 0 aliphatic heterocycles. The molecule has 8 heteroatoms. The van der Waals surface area contributed by atoms with Crippen LogP contribution in [0, 0.1) is 55.4 Å². The van der Waals surface area contributed by atoms with Crippen LogP contribution in [0.3, 0.4) is 0 Å². The number of benzene rings is 10. The molecule has 0 saturated heterocycles. The molecule has 0 aromatic heterocycles. The lowest BCUT2D eigenvalue weighted by Gasteiger charge is -2.23. The Morgan fingerprint density at radius 3 is 0.842 bits per heavy atom. The molecule has 0 radical (unpaired) electrons. The summed E-state index contributed by atoms with van der Waals surface area (Å²) in [5, 5.41) is 4.34. The van der Waals surface area contributed by atoms with Gasteiger partial charge in [0.1, 0.15) is 46.0 Å². The molecule has 0 fully saturated rings. The van der Waals surface area contributed by atoms with Crippen molar-refractivity contribution in [1.29, 1.82) is 0 Å². The van der Waals surface area contributed by atoms with E-state index in [2.05, 4.69) is 67.5 Å².